The van der Waals surface area contributed by atoms with Gasteiger partial charge < -0.3 is 24.0 Å². The molecule has 2 amide bonds. The van der Waals surface area contributed by atoms with Crippen LogP contribution in [0.5, 0.6) is 17.2 Å². The van der Waals surface area contributed by atoms with Crippen LogP contribution >= 0.6 is 11.3 Å². The molecule has 2 heterocycles. The van der Waals surface area contributed by atoms with E-state index >= 15 is 0 Å². The summed E-state index contributed by atoms with van der Waals surface area (Å²) in [5.74, 6) is 1.74. The molecule has 3 aromatic rings. The number of carbonyl (C=O) groups excluding carboxylic acids is 2. The van der Waals surface area contributed by atoms with Crippen molar-refractivity contribution in [1.82, 2.24) is 9.80 Å². The van der Waals surface area contributed by atoms with E-state index in [0.29, 0.717) is 42.5 Å². The average Bonchev–Trinajstić information content (AvgIpc) is 3.40. The lowest BCUT2D eigenvalue weighted by atomic mass is 10.0. The second-order valence-electron chi connectivity index (χ2n) is 8.60. The lowest BCUT2D eigenvalue weighted by molar-refractivity contribution is -0.135. The van der Waals surface area contributed by atoms with Crippen LogP contribution in [-0.4, -0.2) is 62.1 Å². The fourth-order valence-corrected chi connectivity index (χ4v) is 5.38. The van der Waals surface area contributed by atoms with Crippen LogP contribution in [0.15, 0.2) is 60.0 Å². The third-order valence-electron chi connectivity index (χ3n) is 6.29. The van der Waals surface area contributed by atoms with Gasteiger partial charge in [0.1, 0.15) is 30.4 Å². The summed E-state index contributed by atoms with van der Waals surface area (Å²) in [4.78, 5) is 31.7. The summed E-state index contributed by atoms with van der Waals surface area (Å²) < 4.78 is 16.7. The van der Waals surface area contributed by atoms with Crippen LogP contribution in [0, 0.1) is 0 Å². The summed E-state index contributed by atoms with van der Waals surface area (Å²) in [6, 6.07) is 16.3. The number of benzene rings is 2. The molecule has 36 heavy (non-hydrogen) atoms. The molecule has 0 radical (unpaired) electrons. The molecule has 0 saturated heterocycles. The van der Waals surface area contributed by atoms with Crippen molar-refractivity contribution in [3.8, 4) is 17.2 Å². The number of ether oxygens (including phenoxy) is 3. The van der Waals surface area contributed by atoms with Gasteiger partial charge in [0.25, 0.3) is 5.91 Å². The van der Waals surface area contributed by atoms with Crippen LogP contribution in [0.1, 0.15) is 40.2 Å². The highest BCUT2D eigenvalue weighted by molar-refractivity contribution is 7.10. The van der Waals surface area contributed by atoms with E-state index < -0.39 is 0 Å². The molecular weight excluding hydrogens is 476 g/mol. The predicted octanol–water partition coefficient (Wildman–Crippen LogP) is 4.82. The van der Waals surface area contributed by atoms with E-state index in [1.807, 2.05) is 36.1 Å². The first-order valence-electron chi connectivity index (χ1n) is 12.1. The topological polar surface area (TPSA) is 68.3 Å². The predicted molar refractivity (Wildman–Crippen MR) is 140 cm³/mol. The Morgan fingerprint density at radius 1 is 1.03 bits per heavy atom. The highest BCUT2D eigenvalue weighted by Crippen LogP contribution is 2.34. The largest absolute Gasteiger partial charge is 0.497 e. The van der Waals surface area contributed by atoms with Gasteiger partial charge in [-0.25, -0.2) is 0 Å². The van der Waals surface area contributed by atoms with Crippen molar-refractivity contribution in [2.75, 3.05) is 40.5 Å². The summed E-state index contributed by atoms with van der Waals surface area (Å²) in [5.41, 5.74) is 1.62. The Hall–Kier alpha value is -3.52. The Kier molecular flexibility index (Phi) is 8.48. The van der Waals surface area contributed by atoms with E-state index in [9.17, 15) is 9.59 Å². The number of hydrogen-bond acceptors (Lipinski definition) is 6. The molecule has 0 unspecified atom stereocenters. The van der Waals surface area contributed by atoms with Crippen LogP contribution in [0.3, 0.4) is 0 Å². The monoisotopic (exact) mass is 508 g/mol. The number of methoxy groups -OCH3 is 2. The molecule has 1 atom stereocenters. The number of hydrogen-bond donors (Lipinski definition) is 0. The standard InChI is InChI=1S/C28H32N2O5S/c1-4-13-29(28(32)20-7-5-8-21(16-20)33-2)18-27(31)30-14-11-26-24(12-15-36-26)25(30)19-35-23-10-6-9-22(17-23)34-3/h5-10,12,15-17,25H,4,11,13-14,18-19H2,1-3H3/t25-/m0/s1. The molecule has 4 rings (SSSR count). The molecule has 2 aromatic carbocycles. The highest BCUT2D eigenvalue weighted by atomic mass is 32.1. The van der Waals surface area contributed by atoms with E-state index in [-0.39, 0.29) is 24.4 Å². The van der Waals surface area contributed by atoms with E-state index in [1.54, 1.807) is 54.7 Å². The van der Waals surface area contributed by atoms with Crippen LogP contribution in [0.25, 0.3) is 0 Å². The van der Waals surface area contributed by atoms with Crippen molar-refractivity contribution in [3.63, 3.8) is 0 Å². The third-order valence-corrected chi connectivity index (χ3v) is 7.28. The van der Waals surface area contributed by atoms with Gasteiger partial charge in [-0.3, -0.25) is 9.59 Å². The van der Waals surface area contributed by atoms with Gasteiger partial charge in [-0.15, -0.1) is 11.3 Å². The Bertz CT molecular complexity index is 1190. The number of carbonyl (C=O) groups is 2. The van der Waals surface area contributed by atoms with Gasteiger partial charge in [-0.1, -0.05) is 19.1 Å². The number of rotatable bonds is 10. The smallest absolute Gasteiger partial charge is 0.254 e. The molecule has 190 valence electrons. The first-order chi connectivity index (χ1) is 17.5. The zero-order valence-corrected chi connectivity index (χ0v) is 21.8. The molecule has 7 nitrogen and oxygen atoms in total. The Labute approximate surface area is 216 Å². The minimum atomic E-state index is -0.228. The van der Waals surface area contributed by atoms with Gasteiger partial charge in [-0.05, 0) is 60.2 Å². The molecule has 0 spiro atoms. The number of nitrogens with zero attached hydrogens (tertiary/aromatic N) is 2. The molecule has 1 aromatic heterocycles. The highest BCUT2D eigenvalue weighted by Gasteiger charge is 2.33. The SMILES string of the molecule is CCCN(CC(=O)N1CCc2sccc2[C@@H]1COc1cccc(OC)c1)C(=O)c1cccc(OC)c1. The summed E-state index contributed by atoms with van der Waals surface area (Å²) in [5, 5.41) is 2.06. The van der Waals surface area contributed by atoms with E-state index in [1.165, 1.54) is 4.88 Å². The molecule has 0 saturated carbocycles. The Morgan fingerprint density at radius 3 is 2.50 bits per heavy atom. The lowest BCUT2D eigenvalue weighted by Gasteiger charge is -2.37. The second-order valence-corrected chi connectivity index (χ2v) is 9.60. The summed E-state index contributed by atoms with van der Waals surface area (Å²) in [6.45, 7) is 3.41. The maximum absolute atomic E-state index is 13.6. The van der Waals surface area contributed by atoms with E-state index in [4.69, 9.17) is 14.2 Å². The minimum absolute atomic E-state index is 0.0129. The van der Waals surface area contributed by atoms with Crippen molar-refractivity contribution in [2.45, 2.75) is 25.8 Å². The zero-order valence-electron chi connectivity index (χ0n) is 20.9. The Balaban J connectivity index is 1.52. The average molecular weight is 509 g/mol. The van der Waals surface area contributed by atoms with E-state index in [2.05, 4.69) is 11.4 Å². The van der Waals surface area contributed by atoms with Crippen molar-refractivity contribution >= 4 is 23.2 Å². The Morgan fingerprint density at radius 2 is 1.75 bits per heavy atom. The molecule has 0 aliphatic carbocycles. The second kappa shape index (κ2) is 11.9. The van der Waals surface area contributed by atoms with Gasteiger partial charge in [0, 0.05) is 29.6 Å². The van der Waals surface area contributed by atoms with Crippen molar-refractivity contribution in [3.05, 3.63) is 76.0 Å². The van der Waals surface area contributed by atoms with Crippen molar-refractivity contribution < 1.29 is 23.8 Å². The van der Waals surface area contributed by atoms with Crippen molar-refractivity contribution in [2.24, 2.45) is 0 Å². The van der Waals surface area contributed by atoms with Crippen molar-refractivity contribution in [1.29, 1.82) is 0 Å². The normalized spacial score (nSPS) is 14.6. The number of amides is 2. The first-order valence-corrected chi connectivity index (χ1v) is 13.0. The maximum Gasteiger partial charge on any atom is 0.254 e. The summed E-state index contributed by atoms with van der Waals surface area (Å²) in [7, 11) is 3.19. The van der Waals surface area contributed by atoms with Crippen LogP contribution in [-0.2, 0) is 11.2 Å². The van der Waals surface area contributed by atoms with Gasteiger partial charge in [0.05, 0.1) is 20.3 Å². The quantitative estimate of drug-likeness (QED) is 0.393. The zero-order chi connectivity index (χ0) is 25.5. The molecule has 1 aliphatic rings. The summed E-state index contributed by atoms with van der Waals surface area (Å²) in [6.07, 6.45) is 1.55. The molecule has 1 aliphatic heterocycles. The number of thiophene rings is 1. The van der Waals surface area contributed by atoms with Gasteiger partial charge in [0.2, 0.25) is 5.91 Å². The third kappa shape index (κ3) is 5.82. The molecular formula is C28H32N2O5S. The van der Waals surface area contributed by atoms with Crippen LogP contribution in [0.2, 0.25) is 0 Å². The van der Waals surface area contributed by atoms with Gasteiger partial charge in [0.15, 0.2) is 0 Å². The molecule has 0 bridgehead atoms. The molecule has 0 N–H and O–H groups in total. The fourth-order valence-electron chi connectivity index (χ4n) is 4.46. The molecule has 0 fully saturated rings. The van der Waals surface area contributed by atoms with Crippen LogP contribution in [0.4, 0.5) is 0 Å². The minimum Gasteiger partial charge on any atom is -0.497 e. The van der Waals surface area contributed by atoms with Gasteiger partial charge >= 0.3 is 0 Å². The first kappa shape index (κ1) is 25.6. The maximum atomic E-state index is 13.6. The molecule has 8 heteroatoms. The van der Waals surface area contributed by atoms with Gasteiger partial charge in [-0.2, -0.15) is 0 Å². The lowest BCUT2D eigenvalue weighted by Crippen LogP contribution is -2.48. The fraction of sp³-hybridized carbons (Fsp3) is 0.357. The van der Waals surface area contributed by atoms with E-state index in [0.717, 1.165) is 18.4 Å². The summed E-state index contributed by atoms with van der Waals surface area (Å²) >= 11 is 1.71. The number of fused-ring (bicyclic) bond motifs is 1. The van der Waals surface area contributed by atoms with Crippen LogP contribution < -0.4 is 14.2 Å².